The summed E-state index contributed by atoms with van der Waals surface area (Å²) in [5.74, 6) is -2.37. The molecule has 60 heavy (non-hydrogen) atoms. The number of methoxy groups -OCH3 is 2. The second-order valence-corrected chi connectivity index (χ2v) is 17.7. The van der Waals surface area contributed by atoms with Gasteiger partial charge in [-0.15, -0.1) is 5.10 Å². The molecule has 0 saturated carbocycles. The first kappa shape index (κ1) is 50.2. The van der Waals surface area contributed by atoms with Crippen molar-refractivity contribution in [1.29, 1.82) is 0 Å². The molecule has 4 rings (SSSR count). The molecule has 0 aliphatic carbocycles. The molecule has 1 aromatic heterocycles. The number of carbonyl (C=O) groups excluding carboxylic acids is 2. The third-order valence-electron chi connectivity index (χ3n) is 12.0. The lowest BCUT2D eigenvalue weighted by molar-refractivity contribution is -0.304. The van der Waals surface area contributed by atoms with Crippen molar-refractivity contribution in [2.45, 2.75) is 152 Å². The summed E-state index contributed by atoms with van der Waals surface area (Å²) in [4.78, 5) is 29.4. The van der Waals surface area contributed by atoms with Gasteiger partial charge in [-0.25, -0.2) is 4.68 Å². The number of hydrogen-bond donors (Lipinski definition) is 4. The maximum atomic E-state index is 13.9. The number of aliphatic hydroxyl groups excluding tert-OH is 4. The number of ketones is 1. The van der Waals surface area contributed by atoms with Crippen LogP contribution in [-0.4, -0.2) is 178 Å². The van der Waals surface area contributed by atoms with Crippen LogP contribution in [0.25, 0.3) is 0 Å². The average Bonchev–Trinajstić information content (AvgIpc) is 3.62. The lowest BCUT2D eigenvalue weighted by Gasteiger charge is -2.46. The summed E-state index contributed by atoms with van der Waals surface area (Å²) in [5.41, 5.74) is 0.729. The highest BCUT2D eigenvalue weighted by molar-refractivity contribution is 7.99. The minimum atomic E-state index is -1.27. The van der Waals surface area contributed by atoms with E-state index in [2.05, 4.69) is 15.5 Å². The van der Waals surface area contributed by atoms with Crippen LogP contribution in [0.3, 0.4) is 0 Å². The number of aryl methyl sites for hydroxylation is 1. The third-order valence-corrected chi connectivity index (χ3v) is 13.1. The minimum Gasteiger partial charge on any atom is -0.462 e. The molecular weight excluding hydrogens is 803 g/mol. The number of allylic oxidation sites excluding steroid dienone is 3. The van der Waals surface area contributed by atoms with Crippen molar-refractivity contribution in [2.75, 3.05) is 40.7 Å². The molecule has 0 radical (unpaired) electrons. The Labute approximate surface area is 358 Å². The van der Waals surface area contributed by atoms with Gasteiger partial charge in [0.2, 0.25) is 5.16 Å². The fourth-order valence-electron chi connectivity index (χ4n) is 8.33. The Morgan fingerprint density at radius 3 is 2.22 bits per heavy atom. The van der Waals surface area contributed by atoms with Gasteiger partial charge in [-0.1, -0.05) is 50.3 Å². The molecule has 0 spiro atoms. The lowest BCUT2D eigenvalue weighted by Crippen LogP contribution is -2.63. The quantitative estimate of drug-likeness (QED) is 0.163. The van der Waals surface area contributed by atoms with Crippen LogP contribution in [0.1, 0.15) is 67.2 Å². The van der Waals surface area contributed by atoms with E-state index in [1.165, 1.54) is 32.1 Å². The van der Waals surface area contributed by atoms with E-state index in [1.54, 1.807) is 57.6 Å². The first-order chi connectivity index (χ1) is 28.4. The molecule has 1 aromatic rings. The maximum Gasteiger partial charge on any atom is 0.308 e. The molecule has 19 heteroatoms. The number of esters is 1. The van der Waals surface area contributed by atoms with Crippen molar-refractivity contribution < 1.29 is 63.2 Å². The van der Waals surface area contributed by atoms with E-state index in [-0.39, 0.29) is 18.8 Å². The molecular formula is C41H69N5O13S. The summed E-state index contributed by atoms with van der Waals surface area (Å²) in [6, 6.07) is -0.719. The number of thioether (sulfide) groups is 1. The predicted octanol–water partition coefficient (Wildman–Crippen LogP) is 1.68. The monoisotopic (exact) mass is 871 g/mol. The van der Waals surface area contributed by atoms with Crippen molar-refractivity contribution in [1.82, 2.24) is 25.1 Å². The van der Waals surface area contributed by atoms with Gasteiger partial charge in [-0.3, -0.25) is 9.59 Å². The van der Waals surface area contributed by atoms with Crippen LogP contribution in [0.4, 0.5) is 0 Å². The van der Waals surface area contributed by atoms with Gasteiger partial charge in [0.25, 0.3) is 0 Å². The predicted molar refractivity (Wildman–Crippen MR) is 219 cm³/mol. The van der Waals surface area contributed by atoms with E-state index in [9.17, 15) is 30.0 Å². The molecule has 4 heterocycles. The van der Waals surface area contributed by atoms with E-state index in [1.807, 2.05) is 26.8 Å². The van der Waals surface area contributed by atoms with Crippen molar-refractivity contribution in [2.24, 2.45) is 30.7 Å². The Morgan fingerprint density at radius 2 is 1.60 bits per heavy atom. The largest absolute Gasteiger partial charge is 0.462 e. The fourth-order valence-corrected chi connectivity index (χ4v) is 9.25. The van der Waals surface area contributed by atoms with Gasteiger partial charge in [-0.05, 0) is 76.5 Å². The molecule has 342 valence electrons. The molecule has 0 unspecified atom stereocenters. The molecule has 0 bridgehead atoms. The van der Waals surface area contributed by atoms with E-state index >= 15 is 0 Å². The summed E-state index contributed by atoms with van der Waals surface area (Å²) in [6.07, 6.45) is -4.93. The van der Waals surface area contributed by atoms with E-state index < -0.39 is 109 Å². The summed E-state index contributed by atoms with van der Waals surface area (Å²) < 4.78 is 43.9. The number of likely N-dealkylation sites (N-methyl/N-ethyl adjacent to an activating group) is 1. The first-order valence-corrected chi connectivity index (χ1v) is 21.9. The number of nitrogens with zero attached hydrogens (tertiary/aromatic N) is 5. The van der Waals surface area contributed by atoms with Gasteiger partial charge in [0.15, 0.2) is 18.4 Å². The minimum absolute atomic E-state index is 0.0227. The summed E-state index contributed by atoms with van der Waals surface area (Å²) in [7, 11) is 8.19. The van der Waals surface area contributed by atoms with Crippen molar-refractivity contribution in [3.05, 3.63) is 23.8 Å². The summed E-state index contributed by atoms with van der Waals surface area (Å²) in [6.45, 7) is 10.8. The Kier molecular flexibility index (Phi) is 19.5. The highest BCUT2D eigenvalue weighted by Crippen LogP contribution is 2.36. The summed E-state index contributed by atoms with van der Waals surface area (Å²) >= 11 is 1.43. The zero-order valence-corrected chi connectivity index (χ0v) is 37.7. The van der Waals surface area contributed by atoms with Crippen molar-refractivity contribution in [3.63, 3.8) is 0 Å². The molecule has 3 aliphatic heterocycles. The molecule has 2 fully saturated rings. The average molecular weight is 872 g/mol. The maximum absolute atomic E-state index is 13.9. The second kappa shape index (κ2) is 23.3. The topological polar surface area (TPSA) is 227 Å². The zero-order valence-electron chi connectivity index (χ0n) is 36.9. The van der Waals surface area contributed by atoms with Crippen LogP contribution in [0.15, 0.2) is 29.0 Å². The van der Waals surface area contributed by atoms with E-state index in [0.29, 0.717) is 30.2 Å². The number of cyclic esters (lactones) is 1. The van der Waals surface area contributed by atoms with Crippen LogP contribution in [0.2, 0.25) is 0 Å². The van der Waals surface area contributed by atoms with Gasteiger partial charge >= 0.3 is 5.97 Å². The molecule has 0 aromatic carbocycles. The number of aliphatic hydroxyl groups is 4. The Bertz CT molecular complexity index is 1570. The zero-order chi connectivity index (χ0) is 44.4. The number of hydrogen-bond acceptors (Lipinski definition) is 18. The smallest absolute Gasteiger partial charge is 0.308 e. The van der Waals surface area contributed by atoms with Crippen molar-refractivity contribution >= 4 is 23.5 Å². The Hall–Kier alpha value is -2.40. The summed E-state index contributed by atoms with van der Waals surface area (Å²) in [5, 5.41) is 57.3. The Morgan fingerprint density at radius 1 is 0.933 bits per heavy atom. The Balaban J connectivity index is 1.68. The molecule has 4 N–H and O–H groups in total. The SMILES string of the molecule is CC[C@H]1OC(=O)C[C@@H](O)[C@H](C)[C@@H](O[C@@H]2O[C@H](C)[C@@H](O)[C@H](N(C)C)[C@H]2O)[C@@H](CCSc2nnnn2C)C[C@@H](C)C(=O)/C=C/C(C)=C/[C@@H]1CO[C@@H]1O[C@H](C)[C@@H](O)[C@@H](OC)[C@H]1OC. The van der Waals surface area contributed by atoms with E-state index in [0.717, 1.165) is 5.57 Å². The van der Waals surface area contributed by atoms with Crippen LogP contribution in [-0.2, 0) is 49.8 Å². The van der Waals surface area contributed by atoms with Crippen LogP contribution in [0.5, 0.6) is 0 Å². The van der Waals surface area contributed by atoms with E-state index in [4.69, 9.17) is 33.2 Å². The van der Waals surface area contributed by atoms with Gasteiger partial charge in [0.1, 0.15) is 30.5 Å². The molecule has 3 aliphatic rings. The highest BCUT2D eigenvalue weighted by atomic mass is 32.2. The number of ether oxygens (including phenoxy) is 7. The highest BCUT2D eigenvalue weighted by Gasteiger charge is 2.48. The normalized spacial score (nSPS) is 40.5. The van der Waals surface area contributed by atoms with Gasteiger partial charge in [0.05, 0.1) is 49.6 Å². The van der Waals surface area contributed by atoms with Crippen LogP contribution < -0.4 is 0 Å². The lowest BCUT2D eigenvalue weighted by atomic mass is 9.79. The molecule has 0 amide bonds. The number of tetrazole rings is 1. The van der Waals surface area contributed by atoms with Crippen molar-refractivity contribution in [3.8, 4) is 0 Å². The molecule has 18 nitrogen and oxygen atoms in total. The van der Waals surface area contributed by atoms with Gasteiger partial charge in [0, 0.05) is 44.8 Å². The second-order valence-electron chi connectivity index (χ2n) is 16.7. The van der Waals surface area contributed by atoms with Crippen LogP contribution in [0, 0.1) is 23.7 Å². The number of rotatable bonds is 13. The van der Waals surface area contributed by atoms with Gasteiger partial charge in [-0.2, -0.15) is 0 Å². The fraction of sp³-hybridized carbons (Fsp3) is 0.829. The number of carbonyl (C=O) groups is 2. The first-order valence-electron chi connectivity index (χ1n) is 20.9. The van der Waals surface area contributed by atoms with Crippen LogP contribution >= 0.6 is 11.8 Å². The third kappa shape index (κ3) is 12.8. The molecule has 17 atom stereocenters. The number of aromatic nitrogens is 4. The standard InChI is InChI=1S/C41H69N5O13S/c1-12-30-27(20-55-40-38(54-11)37(53-10)34(51)25(6)57-40)17-21(2)13-14-28(47)22(3)18-26(15-16-60-41-42-43-44-46(41)9)36(23(4)29(48)19-31(49)58-30)59-39-35(52)32(45(7)8)33(50)24(5)56-39/h13-14,17,22-27,29-30,32-40,48,50-52H,12,15-16,18-20H2,1-11H3/b14-13+,21-17+/t22-,23+,24-,25-,26+,27-,29-,30-,32+,33-,34-,35-,36-,37-,38-,39+,40-/m1/s1. The molecule has 2 saturated heterocycles. The van der Waals surface area contributed by atoms with Gasteiger partial charge < -0.3 is 58.5 Å².